The molecule has 1 aromatic heterocycles. The number of hydrogen-bond donors (Lipinski definition) is 2. The Balaban J connectivity index is 1.84. The van der Waals surface area contributed by atoms with Gasteiger partial charge in [0.25, 0.3) is 0 Å². The molecule has 5 nitrogen and oxygen atoms in total. The molecule has 0 amide bonds. The quantitative estimate of drug-likeness (QED) is 0.666. The van der Waals surface area contributed by atoms with Gasteiger partial charge in [-0.05, 0) is 30.9 Å². The minimum atomic E-state index is 0.0369. The Labute approximate surface area is 125 Å². The molecule has 1 aromatic carbocycles. The van der Waals surface area contributed by atoms with Crippen LogP contribution in [0.15, 0.2) is 30.5 Å². The van der Waals surface area contributed by atoms with Gasteiger partial charge in [-0.2, -0.15) is 5.10 Å². The highest BCUT2D eigenvalue weighted by molar-refractivity contribution is 5.31. The zero-order valence-electron chi connectivity index (χ0n) is 12.5. The van der Waals surface area contributed by atoms with Gasteiger partial charge in [0.15, 0.2) is 0 Å². The predicted molar refractivity (Wildman–Crippen MR) is 81.5 cm³/mol. The smallest absolute Gasteiger partial charge is 0.0846 e. The van der Waals surface area contributed by atoms with Gasteiger partial charge in [0.2, 0.25) is 0 Å². The summed E-state index contributed by atoms with van der Waals surface area (Å²) in [4.78, 5) is 0. The second-order valence-electron chi connectivity index (χ2n) is 5.57. The summed E-state index contributed by atoms with van der Waals surface area (Å²) < 4.78 is 7.85. The first-order valence-electron chi connectivity index (χ1n) is 7.34. The van der Waals surface area contributed by atoms with Gasteiger partial charge >= 0.3 is 0 Å². The molecule has 1 aliphatic heterocycles. The summed E-state index contributed by atoms with van der Waals surface area (Å²) in [6.45, 7) is 2.83. The molecule has 0 fully saturated rings. The molecule has 3 N–H and O–H groups in total. The molecule has 5 heteroatoms. The lowest BCUT2D eigenvalue weighted by Gasteiger charge is -2.29. The highest BCUT2D eigenvalue weighted by Gasteiger charge is 2.26. The first-order chi connectivity index (χ1) is 10.2. The van der Waals surface area contributed by atoms with Gasteiger partial charge in [0.05, 0.1) is 24.9 Å². The van der Waals surface area contributed by atoms with E-state index in [9.17, 15) is 0 Å². The second kappa shape index (κ2) is 5.97. The van der Waals surface area contributed by atoms with E-state index in [1.165, 1.54) is 11.1 Å². The highest BCUT2D eigenvalue weighted by Crippen LogP contribution is 2.34. The van der Waals surface area contributed by atoms with Crippen LogP contribution in [0.2, 0.25) is 0 Å². The lowest BCUT2D eigenvalue weighted by atomic mass is 9.92. The third-order valence-electron chi connectivity index (χ3n) is 4.39. The van der Waals surface area contributed by atoms with Crippen molar-refractivity contribution >= 4 is 0 Å². The SMILES string of the molecule is Cc1c(C(CC2OCCc3ccccc32)NN)cnn1C. The van der Waals surface area contributed by atoms with Gasteiger partial charge in [-0.1, -0.05) is 24.3 Å². The number of nitrogens with two attached hydrogens (primary N) is 1. The van der Waals surface area contributed by atoms with Gasteiger partial charge in [0.1, 0.15) is 0 Å². The molecular weight excluding hydrogens is 264 g/mol. The second-order valence-corrected chi connectivity index (χ2v) is 5.57. The number of ether oxygens (including phenoxy) is 1. The Kier molecular flexibility index (Phi) is 4.05. The summed E-state index contributed by atoms with van der Waals surface area (Å²) in [7, 11) is 1.94. The molecule has 0 saturated heterocycles. The molecule has 1 aliphatic rings. The maximum absolute atomic E-state index is 5.98. The van der Waals surface area contributed by atoms with Crippen molar-refractivity contribution in [2.45, 2.75) is 31.9 Å². The van der Waals surface area contributed by atoms with Crippen molar-refractivity contribution in [2.24, 2.45) is 12.9 Å². The van der Waals surface area contributed by atoms with Crippen LogP contribution < -0.4 is 11.3 Å². The van der Waals surface area contributed by atoms with E-state index in [-0.39, 0.29) is 12.1 Å². The van der Waals surface area contributed by atoms with Crippen LogP contribution in [-0.4, -0.2) is 16.4 Å². The number of rotatable bonds is 4. The monoisotopic (exact) mass is 286 g/mol. The predicted octanol–water partition coefficient (Wildman–Crippen LogP) is 1.94. The molecule has 0 radical (unpaired) electrons. The maximum atomic E-state index is 5.98. The third-order valence-corrected chi connectivity index (χ3v) is 4.39. The minimum Gasteiger partial charge on any atom is -0.373 e. The van der Waals surface area contributed by atoms with Crippen LogP contribution in [-0.2, 0) is 18.2 Å². The molecule has 112 valence electrons. The van der Waals surface area contributed by atoms with Crippen LogP contribution >= 0.6 is 0 Å². The van der Waals surface area contributed by atoms with Crippen molar-refractivity contribution in [3.8, 4) is 0 Å². The normalized spacial score (nSPS) is 19.3. The van der Waals surface area contributed by atoms with E-state index in [4.69, 9.17) is 10.6 Å². The lowest BCUT2D eigenvalue weighted by Crippen LogP contribution is -2.31. The average Bonchev–Trinajstić information content (AvgIpc) is 2.85. The molecule has 0 aliphatic carbocycles. The Hall–Kier alpha value is -1.69. The standard InChI is InChI=1S/C16H22N4O/c1-11-14(10-18-20(11)2)15(19-17)9-16-13-6-4-3-5-12(13)7-8-21-16/h3-6,10,15-16,19H,7-9,17H2,1-2H3. The third kappa shape index (κ3) is 2.72. The van der Waals surface area contributed by atoms with Crippen LogP contribution in [0.4, 0.5) is 0 Å². The summed E-state index contributed by atoms with van der Waals surface area (Å²) >= 11 is 0. The number of fused-ring (bicyclic) bond motifs is 1. The zero-order chi connectivity index (χ0) is 14.8. The fourth-order valence-corrected chi connectivity index (χ4v) is 3.03. The first kappa shape index (κ1) is 14.3. The number of nitrogens with one attached hydrogen (secondary N) is 1. The molecular formula is C16H22N4O. The summed E-state index contributed by atoms with van der Waals surface area (Å²) in [5.74, 6) is 5.78. The molecule has 2 atom stereocenters. The van der Waals surface area contributed by atoms with Crippen molar-refractivity contribution in [3.05, 3.63) is 52.8 Å². The molecule has 0 saturated carbocycles. The summed E-state index contributed by atoms with van der Waals surface area (Å²) in [6, 6.07) is 8.54. The minimum absolute atomic E-state index is 0.0369. The molecule has 2 aromatic rings. The van der Waals surface area contributed by atoms with Gasteiger partial charge < -0.3 is 4.74 Å². The largest absolute Gasteiger partial charge is 0.373 e. The molecule has 0 bridgehead atoms. The van der Waals surface area contributed by atoms with E-state index < -0.39 is 0 Å². The molecule has 2 unspecified atom stereocenters. The van der Waals surface area contributed by atoms with Gasteiger partial charge in [-0.15, -0.1) is 0 Å². The van der Waals surface area contributed by atoms with E-state index >= 15 is 0 Å². The van der Waals surface area contributed by atoms with Gasteiger partial charge in [0, 0.05) is 18.3 Å². The molecule has 2 heterocycles. The van der Waals surface area contributed by atoms with Crippen LogP contribution in [0.1, 0.15) is 41.0 Å². The van der Waals surface area contributed by atoms with Crippen molar-refractivity contribution in [1.82, 2.24) is 15.2 Å². The number of aryl methyl sites for hydroxylation is 1. The number of aromatic nitrogens is 2. The van der Waals surface area contributed by atoms with E-state index in [2.05, 4.69) is 41.7 Å². The van der Waals surface area contributed by atoms with E-state index in [0.717, 1.165) is 30.7 Å². The number of nitrogens with zero attached hydrogens (tertiary/aromatic N) is 2. The summed E-state index contributed by atoms with van der Waals surface area (Å²) in [6.07, 6.45) is 3.75. The van der Waals surface area contributed by atoms with Crippen LogP contribution in [0.3, 0.4) is 0 Å². The zero-order valence-corrected chi connectivity index (χ0v) is 12.5. The fraction of sp³-hybridized carbons (Fsp3) is 0.438. The van der Waals surface area contributed by atoms with Crippen LogP contribution in [0.5, 0.6) is 0 Å². The van der Waals surface area contributed by atoms with Crippen molar-refractivity contribution in [1.29, 1.82) is 0 Å². The maximum Gasteiger partial charge on any atom is 0.0846 e. The van der Waals surface area contributed by atoms with Gasteiger partial charge in [-0.3, -0.25) is 16.0 Å². The number of hydrogen-bond acceptors (Lipinski definition) is 4. The Bertz CT molecular complexity index is 622. The highest BCUT2D eigenvalue weighted by atomic mass is 16.5. The molecule has 0 spiro atoms. The van der Waals surface area contributed by atoms with E-state index in [1.54, 1.807) is 0 Å². The summed E-state index contributed by atoms with van der Waals surface area (Å²) in [5.41, 5.74) is 7.84. The Morgan fingerprint density at radius 2 is 2.29 bits per heavy atom. The topological polar surface area (TPSA) is 65.1 Å². The van der Waals surface area contributed by atoms with Crippen molar-refractivity contribution in [2.75, 3.05) is 6.61 Å². The van der Waals surface area contributed by atoms with E-state index in [1.807, 2.05) is 17.9 Å². The van der Waals surface area contributed by atoms with Crippen molar-refractivity contribution < 1.29 is 4.74 Å². The Morgan fingerprint density at radius 3 is 3.00 bits per heavy atom. The van der Waals surface area contributed by atoms with Gasteiger partial charge in [-0.25, -0.2) is 0 Å². The van der Waals surface area contributed by atoms with E-state index in [0.29, 0.717) is 0 Å². The Morgan fingerprint density at radius 1 is 1.48 bits per heavy atom. The number of benzene rings is 1. The molecule has 3 rings (SSSR count). The average molecular weight is 286 g/mol. The number of hydrazine groups is 1. The summed E-state index contributed by atoms with van der Waals surface area (Å²) in [5, 5.41) is 4.30. The lowest BCUT2D eigenvalue weighted by molar-refractivity contribution is 0.0292. The first-order valence-corrected chi connectivity index (χ1v) is 7.34. The molecule has 21 heavy (non-hydrogen) atoms. The van der Waals surface area contributed by atoms with Crippen LogP contribution in [0.25, 0.3) is 0 Å². The fourth-order valence-electron chi connectivity index (χ4n) is 3.03. The van der Waals surface area contributed by atoms with Crippen LogP contribution in [0, 0.1) is 6.92 Å². The van der Waals surface area contributed by atoms with Crippen molar-refractivity contribution in [3.63, 3.8) is 0 Å².